The summed E-state index contributed by atoms with van der Waals surface area (Å²) in [4.78, 5) is 34.3. The molecule has 2 rings (SSSR count). The van der Waals surface area contributed by atoms with Crippen molar-refractivity contribution in [3.05, 3.63) is 0 Å². The van der Waals surface area contributed by atoms with E-state index in [1.54, 1.807) is 0 Å². The summed E-state index contributed by atoms with van der Waals surface area (Å²) < 4.78 is 0. The molecular formula is C13H19NO4. The topological polar surface area (TPSA) is 83.5 Å². The minimum absolute atomic E-state index is 0.00880. The average molecular weight is 253 g/mol. The summed E-state index contributed by atoms with van der Waals surface area (Å²) >= 11 is 0. The van der Waals surface area contributed by atoms with Crippen LogP contribution in [0.5, 0.6) is 0 Å². The Bertz CT molecular complexity index is 417. The first-order chi connectivity index (χ1) is 8.27. The number of amides is 1. The SMILES string of the molecule is CC12CCC(C(C(NC=O)C(=O)O)C1=O)C2(C)C. The summed E-state index contributed by atoms with van der Waals surface area (Å²) in [7, 11) is 0. The number of carboxylic acid groups (broad SMARTS) is 1. The first kappa shape index (κ1) is 13.1. The second-order valence-electron chi connectivity index (χ2n) is 6.19. The normalized spacial score (nSPS) is 38.5. The summed E-state index contributed by atoms with van der Waals surface area (Å²) in [6.07, 6.45) is 2.03. The smallest absolute Gasteiger partial charge is 0.326 e. The van der Waals surface area contributed by atoms with Crippen LogP contribution in [-0.2, 0) is 14.4 Å². The van der Waals surface area contributed by atoms with Crippen LogP contribution in [0.4, 0.5) is 0 Å². The molecule has 0 aromatic heterocycles. The molecule has 4 atom stereocenters. The molecule has 0 saturated heterocycles. The van der Waals surface area contributed by atoms with Crippen LogP contribution in [0, 0.1) is 22.7 Å². The fourth-order valence-corrected chi connectivity index (χ4v) is 3.94. The van der Waals surface area contributed by atoms with Crippen LogP contribution < -0.4 is 5.32 Å². The minimum Gasteiger partial charge on any atom is -0.480 e. The predicted octanol–water partition coefficient (Wildman–Crippen LogP) is 0.827. The van der Waals surface area contributed by atoms with Crippen LogP contribution >= 0.6 is 0 Å². The van der Waals surface area contributed by atoms with Crippen molar-refractivity contribution in [2.75, 3.05) is 0 Å². The number of carbonyl (C=O) groups excluding carboxylic acids is 2. The number of nitrogens with one attached hydrogen (secondary N) is 1. The van der Waals surface area contributed by atoms with Crippen LogP contribution in [0.2, 0.25) is 0 Å². The van der Waals surface area contributed by atoms with E-state index in [0.29, 0.717) is 6.41 Å². The van der Waals surface area contributed by atoms with E-state index in [4.69, 9.17) is 0 Å². The van der Waals surface area contributed by atoms with Gasteiger partial charge < -0.3 is 10.4 Å². The zero-order valence-electron chi connectivity index (χ0n) is 10.9. The monoisotopic (exact) mass is 253 g/mol. The van der Waals surface area contributed by atoms with Gasteiger partial charge in [-0.25, -0.2) is 4.79 Å². The van der Waals surface area contributed by atoms with Gasteiger partial charge in [0.05, 0.1) is 5.92 Å². The van der Waals surface area contributed by atoms with Crippen molar-refractivity contribution in [2.45, 2.75) is 39.7 Å². The van der Waals surface area contributed by atoms with Gasteiger partial charge in [0.2, 0.25) is 6.41 Å². The molecule has 2 bridgehead atoms. The van der Waals surface area contributed by atoms with Crippen molar-refractivity contribution in [2.24, 2.45) is 22.7 Å². The third kappa shape index (κ3) is 1.36. The van der Waals surface area contributed by atoms with Crippen molar-refractivity contribution in [3.63, 3.8) is 0 Å². The van der Waals surface area contributed by atoms with Crippen molar-refractivity contribution in [3.8, 4) is 0 Å². The molecule has 4 unspecified atom stereocenters. The van der Waals surface area contributed by atoms with Gasteiger partial charge in [-0.05, 0) is 24.2 Å². The number of Topliss-reactive ketones (excluding diaryl/α,β-unsaturated/α-hetero) is 1. The second kappa shape index (κ2) is 3.80. The lowest BCUT2D eigenvalue weighted by molar-refractivity contribution is -0.146. The van der Waals surface area contributed by atoms with Gasteiger partial charge >= 0.3 is 5.97 Å². The van der Waals surface area contributed by atoms with Gasteiger partial charge in [-0.3, -0.25) is 9.59 Å². The van der Waals surface area contributed by atoms with E-state index >= 15 is 0 Å². The van der Waals surface area contributed by atoms with Gasteiger partial charge in [-0.15, -0.1) is 0 Å². The Morgan fingerprint density at radius 2 is 2.11 bits per heavy atom. The Hall–Kier alpha value is -1.39. The molecule has 2 N–H and O–H groups in total. The number of carbonyl (C=O) groups is 3. The second-order valence-corrected chi connectivity index (χ2v) is 6.19. The van der Waals surface area contributed by atoms with Crippen LogP contribution in [0.25, 0.3) is 0 Å². The first-order valence-corrected chi connectivity index (χ1v) is 6.24. The lowest BCUT2D eigenvalue weighted by Crippen LogP contribution is -2.48. The van der Waals surface area contributed by atoms with Gasteiger partial charge in [-0.1, -0.05) is 20.8 Å². The summed E-state index contributed by atoms with van der Waals surface area (Å²) in [5.41, 5.74) is -0.659. The maximum absolute atomic E-state index is 12.5. The molecule has 2 aliphatic carbocycles. The number of ketones is 1. The Balaban J connectivity index is 2.39. The minimum atomic E-state index is -1.13. The lowest BCUT2D eigenvalue weighted by Gasteiger charge is -2.32. The highest BCUT2D eigenvalue weighted by atomic mass is 16.4. The van der Waals surface area contributed by atoms with Crippen molar-refractivity contribution >= 4 is 18.2 Å². The predicted molar refractivity (Wildman–Crippen MR) is 63.7 cm³/mol. The van der Waals surface area contributed by atoms with Crippen LogP contribution in [0.15, 0.2) is 0 Å². The molecule has 0 heterocycles. The van der Waals surface area contributed by atoms with Gasteiger partial charge in [0.25, 0.3) is 0 Å². The highest BCUT2D eigenvalue weighted by Gasteiger charge is 2.68. The van der Waals surface area contributed by atoms with Gasteiger partial charge in [0.15, 0.2) is 0 Å². The van der Waals surface area contributed by atoms with E-state index in [-0.39, 0.29) is 17.1 Å². The number of hydrogen-bond donors (Lipinski definition) is 2. The van der Waals surface area contributed by atoms with Crippen LogP contribution in [0.1, 0.15) is 33.6 Å². The Labute approximate surface area is 106 Å². The molecule has 0 aromatic rings. The third-order valence-electron chi connectivity index (χ3n) is 5.46. The molecule has 5 nitrogen and oxygen atoms in total. The fraction of sp³-hybridized carbons (Fsp3) is 0.769. The van der Waals surface area contributed by atoms with Gasteiger partial charge in [-0.2, -0.15) is 0 Å². The van der Waals surface area contributed by atoms with Gasteiger partial charge in [0, 0.05) is 5.41 Å². The van der Waals surface area contributed by atoms with Crippen molar-refractivity contribution < 1.29 is 19.5 Å². The Morgan fingerprint density at radius 3 is 2.50 bits per heavy atom. The average Bonchev–Trinajstić information content (AvgIpc) is 2.58. The van der Waals surface area contributed by atoms with Crippen molar-refractivity contribution in [1.29, 1.82) is 0 Å². The lowest BCUT2D eigenvalue weighted by atomic mass is 9.70. The Kier molecular flexibility index (Phi) is 2.76. The van der Waals surface area contributed by atoms with E-state index in [2.05, 4.69) is 5.32 Å². The molecule has 0 aliphatic heterocycles. The van der Waals surface area contributed by atoms with E-state index in [9.17, 15) is 19.5 Å². The molecule has 5 heteroatoms. The molecule has 18 heavy (non-hydrogen) atoms. The molecule has 100 valence electrons. The summed E-state index contributed by atoms with van der Waals surface area (Å²) in [5, 5.41) is 11.5. The fourth-order valence-electron chi connectivity index (χ4n) is 3.94. The highest BCUT2D eigenvalue weighted by Crippen LogP contribution is 2.66. The van der Waals surface area contributed by atoms with Crippen LogP contribution in [0.3, 0.4) is 0 Å². The maximum atomic E-state index is 12.5. The standard InChI is InChI=1S/C13H19NO4/c1-12(2)7-4-5-13(12,3)10(16)8(7)9(11(17)18)14-6-15/h6-9H,4-5H2,1-3H3,(H,14,15)(H,17,18). The quantitative estimate of drug-likeness (QED) is 0.727. The number of aliphatic carboxylic acids is 1. The maximum Gasteiger partial charge on any atom is 0.326 e. The molecule has 2 aliphatic rings. The number of hydrogen-bond acceptors (Lipinski definition) is 3. The summed E-state index contributed by atoms with van der Waals surface area (Å²) in [6, 6.07) is -1.10. The van der Waals surface area contributed by atoms with E-state index in [1.807, 2.05) is 20.8 Å². The Morgan fingerprint density at radius 1 is 1.50 bits per heavy atom. The number of rotatable bonds is 4. The van der Waals surface area contributed by atoms with Crippen molar-refractivity contribution in [1.82, 2.24) is 5.32 Å². The third-order valence-corrected chi connectivity index (χ3v) is 5.46. The van der Waals surface area contributed by atoms with Crippen LogP contribution in [-0.4, -0.2) is 29.3 Å². The molecule has 0 radical (unpaired) electrons. The molecule has 2 fully saturated rings. The zero-order valence-corrected chi connectivity index (χ0v) is 10.9. The summed E-state index contributed by atoms with van der Waals surface area (Å²) in [6.45, 7) is 5.99. The van der Waals surface area contributed by atoms with Gasteiger partial charge in [0.1, 0.15) is 11.8 Å². The molecule has 1 amide bonds. The summed E-state index contributed by atoms with van der Waals surface area (Å²) in [5.74, 6) is -1.71. The van der Waals surface area contributed by atoms with E-state index in [0.717, 1.165) is 12.8 Å². The highest BCUT2D eigenvalue weighted by molar-refractivity contribution is 5.96. The molecule has 2 saturated carbocycles. The van der Waals surface area contributed by atoms with E-state index < -0.39 is 23.3 Å². The largest absolute Gasteiger partial charge is 0.480 e. The first-order valence-electron chi connectivity index (χ1n) is 6.24. The number of carboxylic acids is 1. The molecular weight excluding hydrogens is 234 g/mol. The molecule has 0 aromatic carbocycles. The number of fused-ring (bicyclic) bond motifs is 2. The zero-order chi connectivity index (χ0) is 13.7. The molecule has 0 spiro atoms. The van der Waals surface area contributed by atoms with E-state index in [1.165, 1.54) is 0 Å².